The van der Waals surface area contributed by atoms with Crippen LogP contribution in [0.3, 0.4) is 0 Å². The average molecular weight is 209 g/mol. The smallest absolute Gasteiger partial charge is 0.0993 e. The fraction of sp³-hybridized carbons (Fsp3) is 0.727. The van der Waals surface area contributed by atoms with Crippen LogP contribution in [0.5, 0.6) is 0 Å². The molecule has 1 aliphatic heterocycles. The summed E-state index contributed by atoms with van der Waals surface area (Å²) < 4.78 is 5.44. The second kappa shape index (κ2) is 2.80. The number of aromatic nitrogens is 1. The van der Waals surface area contributed by atoms with Crippen molar-refractivity contribution in [3.63, 3.8) is 0 Å². The molecule has 3 rings (SSSR count). The molecule has 1 saturated carbocycles. The number of ether oxygens (including phenoxy) is 1. The van der Waals surface area contributed by atoms with Crippen molar-refractivity contribution in [2.75, 3.05) is 6.61 Å². The van der Waals surface area contributed by atoms with E-state index in [2.05, 4.69) is 13.8 Å². The van der Waals surface area contributed by atoms with Crippen LogP contribution in [0, 0.1) is 5.92 Å². The van der Waals surface area contributed by atoms with Gasteiger partial charge in [-0.05, 0) is 12.3 Å². The first-order valence-electron chi connectivity index (χ1n) is 5.27. The fourth-order valence-electron chi connectivity index (χ4n) is 2.14. The van der Waals surface area contributed by atoms with Crippen molar-refractivity contribution in [2.45, 2.75) is 38.7 Å². The number of thiazole rings is 1. The zero-order valence-corrected chi connectivity index (χ0v) is 9.49. The van der Waals surface area contributed by atoms with E-state index in [4.69, 9.17) is 9.72 Å². The standard InChI is InChI=1S/C11H15NOS/c1-7-5-11(7,2)10-12-8-3-4-13-6-9(8)14-10/h7H,3-6H2,1-2H3. The molecule has 0 aromatic carbocycles. The zero-order valence-electron chi connectivity index (χ0n) is 8.67. The zero-order chi connectivity index (χ0) is 9.76. The Morgan fingerprint density at radius 1 is 1.57 bits per heavy atom. The van der Waals surface area contributed by atoms with Gasteiger partial charge in [-0.2, -0.15) is 0 Å². The van der Waals surface area contributed by atoms with E-state index in [0.717, 1.165) is 25.6 Å². The minimum absolute atomic E-state index is 0.391. The van der Waals surface area contributed by atoms with E-state index >= 15 is 0 Å². The van der Waals surface area contributed by atoms with Gasteiger partial charge in [0.2, 0.25) is 0 Å². The van der Waals surface area contributed by atoms with Crippen molar-refractivity contribution < 1.29 is 4.74 Å². The van der Waals surface area contributed by atoms with Gasteiger partial charge < -0.3 is 4.74 Å². The average Bonchev–Trinajstić information content (AvgIpc) is 2.66. The van der Waals surface area contributed by atoms with Gasteiger partial charge in [-0.3, -0.25) is 0 Å². The molecule has 0 saturated heterocycles. The molecule has 2 unspecified atom stereocenters. The highest BCUT2D eigenvalue weighted by molar-refractivity contribution is 7.12. The normalized spacial score (nSPS) is 35.4. The third kappa shape index (κ3) is 1.15. The maximum atomic E-state index is 5.44. The predicted octanol–water partition coefficient (Wildman–Crippen LogP) is 2.51. The highest BCUT2D eigenvalue weighted by Gasteiger charge is 2.50. The first-order valence-corrected chi connectivity index (χ1v) is 6.08. The lowest BCUT2D eigenvalue weighted by Gasteiger charge is -2.08. The summed E-state index contributed by atoms with van der Waals surface area (Å²) in [6.45, 7) is 6.29. The van der Waals surface area contributed by atoms with Crippen molar-refractivity contribution in [1.29, 1.82) is 0 Å². The molecule has 0 bridgehead atoms. The Kier molecular flexibility index (Phi) is 1.77. The Morgan fingerprint density at radius 3 is 3.00 bits per heavy atom. The van der Waals surface area contributed by atoms with Crippen molar-refractivity contribution in [2.24, 2.45) is 5.92 Å². The molecule has 2 aliphatic rings. The van der Waals surface area contributed by atoms with Crippen molar-refractivity contribution in [3.05, 3.63) is 15.6 Å². The van der Waals surface area contributed by atoms with Crippen molar-refractivity contribution in [1.82, 2.24) is 4.98 Å². The van der Waals surface area contributed by atoms with E-state index in [-0.39, 0.29) is 0 Å². The molecule has 2 atom stereocenters. The second-order valence-electron chi connectivity index (χ2n) is 4.71. The molecule has 1 fully saturated rings. The van der Waals surface area contributed by atoms with Crippen LogP contribution in [-0.4, -0.2) is 11.6 Å². The summed E-state index contributed by atoms with van der Waals surface area (Å²) >= 11 is 1.87. The van der Waals surface area contributed by atoms with Crippen LogP contribution in [0.2, 0.25) is 0 Å². The molecule has 1 aromatic heterocycles. The number of rotatable bonds is 1. The third-order valence-corrected chi connectivity index (χ3v) is 4.99. The monoisotopic (exact) mass is 209 g/mol. The quantitative estimate of drug-likeness (QED) is 0.709. The Morgan fingerprint density at radius 2 is 2.36 bits per heavy atom. The molecule has 2 nitrogen and oxygen atoms in total. The summed E-state index contributed by atoms with van der Waals surface area (Å²) in [4.78, 5) is 6.14. The molecule has 3 heteroatoms. The maximum Gasteiger partial charge on any atom is 0.0993 e. The lowest BCUT2D eigenvalue weighted by molar-refractivity contribution is 0.112. The van der Waals surface area contributed by atoms with Crippen LogP contribution in [0.15, 0.2) is 0 Å². The topological polar surface area (TPSA) is 22.1 Å². The SMILES string of the molecule is CC1CC1(C)c1nc2c(s1)COCC2. The first kappa shape index (κ1) is 8.86. The van der Waals surface area contributed by atoms with Crippen LogP contribution in [0.1, 0.15) is 35.8 Å². The summed E-state index contributed by atoms with van der Waals surface area (Å²) in [5, 5.41) is 1.35. The molecule has 0 spiro atoms. The van der Waals surface area contributed by atoms with Crippen molar-refractivity contribution >= 4 is 11.3 Å². The lowest BCUT2D eigenvalue weighted by Crippen LogP contribution is -2.08. The lowest BCUT2D eigenvalue weighted by atomic mass is 10.1. The highest BCUT2D eigenvalue weighted by Crippen LogP contribution is 2.55. The van der Waals surface area contributed by atoms with Gasteiger partial charge in [0.05, 0.1) is 28.8 Å². The Labute approximate surface area is 88.3 Å². The van der Waals surface area contributed by atoms with Gasteiger partial charge in [-0.1, -0.05) is 13.8 Å². The summed E-state index contributed by atoms with van der Waals surface area (Å²) in [7, 11) is 0. The number of hydrogen-bond acceptors (Lipinski definition) is 3. The molecule has 0 N–H and O–H groups in total. The Balaban J connectivity index is 1.97. The fourth-order valence-corrected chi connectivity index (χ4v) is 3.46. The van der Waals surface area contributed by atoms with Crippen molar-refractivity contribution in [3.8, 4) is 0 Å². The molecule has 0 amide bonds. The van der Waals surface area contributed by atoms with E-state index < -0.39 is 0 Å². The van der Waals surface area contributed by atoms with Gasteiger partial charge in [0, 0.05) is 11.8 Å². The molecular weight excluding hydrogens is 194 g/mol. The summed E-state index contributed by atoms with van der Waals surface area (Å²) in [6, 6.07) is 0. The van der Waals surface area contributed by atoms with Crippen LogP contribution in [-0.2, 0) is 23.2 Å². The molecule has 0 radical (unpaired) electrons. The highest BCUT2D eigenvalue weighted by atomic mass is 32.1. The van der Waals surface area contributed by atoms with Gasteiger partial charge in [-0.15, -0.1) is 11.3 Å². The minimum Gasteiger partial charge on any atom is -0.375 e. The van der Waals surface area contributed by atoms with Gasteiger partial charge in [0.25, 0.3) is 0 Å². The van der Waals surface area contributed by atoms with Gasteiger partial charge in [-0.25, -0.2) is 4.98 Å². The van der Waals surface area contributed by atoms with Crippen LogP contribution in [0.4, 0.5) is 0 Å². The molecule has 1 aromatic rings. The van der Waals surface area contributed by atoms with Gasteiger partial charge in [0.15, 0.2) is 0 Å². The van der Waals surface area contributed by atoms with Gasteiger partial charge >= 0.3 is 0 Å². The maximum absolute atomic E-state index is 5.44. The van der Waals surface area contributed by atoms with E-state index in [0.29, 0.717) is 5.41 Å². The first-order chi connectivity index (χ1) is 6.70. The molecule has 76 valence electrons. The van der Waals surface area contributed by atoms with E-state index in [1.54, 1.807) is 0 Å². The van der Waals surface area contributed by atoms with Crippen LogP contribution in [0.25, 0.3) is 0 Å². The minimum atomic E-state index is 0.391. The van der Waals surface area contributed by atoms with Gasteiger partial charge in [0.1, 0.15) is 0 Å². The third-order valence-electron chi connectivity index (χ3n) is 3.64. The number of fused-ring (bicyclic) bond motifs is 1. The molecule has 1 aliphatic carbocycles. The van der Waals surface area contributed by atoms with E-state index in [1.165, 1.54) is 22.0 Å². The predicted molar refractivity (Wildman–Crippen MR) is 56.6 cm³/mol. The Bertz CT molecular complexity index is 350. The van der Waals surface area contributed by atoms with Crippen LogP contribution < -0.4 is 0 Å². The van der Waals surface area contributed by atoms with E-state index in [1.807, 2.05) is 11.3 Å². The summed E-state index contributed by atoms with van der Waals surface area (Å²) in [5.74, 6) is 0.816. The van der Waals surface area contributed by atoms with Crippen LogP contribution >= 0.6 is 11.3 Å². The largest absolute Gasteiger partial charge is 0.375 e. The number of hydrogen-bond donors (Lipinski definition) is 0. The summed E-state index contributed by atoms with van der Waals surface area (Å²) in [6.07, 6.45) is 2.32. The Hall–Kier alpha value is -0.410. The molecule has 2 heterocycles. The molecular formula is C11H15NOS. The second-order valence-corrected chi connectivity index (χ2v) is 5.80. The molecule has 14 heavy (non-hydrogen) atoms. The summed E-state index contributed by atoms with van der Waals surface area (Å²) in [5.41, 5.74) is 1.69. The van der Waals surface area contributed by atoms with E-state index in [9.17, 15) is 0 Å². The number of nitrogens with zero attached hydrogens (tertiary/aromatic N) is 1.